The SMILES string of the molecule is CCCCN(CCC(=O)c1ccc(Br)cc1Cl)C(C)CC. The van der Waals surface area contributed by atoms with E-state index >= 15 is 0 Å². The van der Waals surface area contributed by atoms with Gasteiger partial charge in [-0.15, -0.1) is 0 Å². The highest BCUT2D eigenvalue weighted by molar-refractivity contribution is 9.10. The Labute approximate surface area is 142 Å². The Morgan fingerprint density at radius 2 is 2.05 bits per heavy atom. The minimum atomic E-state index is 0.123. The monoisotopic (exact) mass is 373 g/mol. The van der Waals surface area contributed by atoms with Gasteiger partial charge in [-0.25, -0.2) is 0 Å². The number of unbranched alkanes of at least 4 members (excludes halogenated alkanes) is 1. The van der Waals surface area contributed by atoms with E-state index in [0.29, 0.717) is 23.0 Å². The van der Waals surface area contributed by atoms with Crippen molar-refractivity contribution in [2.75, 3.05) is 13.1 Å². The first-order valence-corrected chi connectivity index (χ1v) is 8.89. The van der Waals surface area contributed by atoms with Crippen LogP contribution in [0, 0.1) is 0 Å². The summed E-state index contributed by atoms with van der Waals surface area (Å²) in [6.45, 7) is 8.48. The van der Waals surface area contributed by atoms with E-state index in [2.05, 4.69) is 41.6 Å². The van der Waals surface area contributed by atoms with Crippen molar-refractivity contribution < 1.29 is 4.79 Å². The van der Waals surface area contributed by atoms with Crippen molar-refractivity contribution in [3.8, 4) is 0 Å². The summed E-state index contributed by atoms with van der Waals surface area (Å²) < 4.78 is 0.897. The van der Waals surface area contributed by atoms with E-state index in [1.54, 1.807) is 12.1 Å². The maximum absolute atomic E-state index is 12.3. The molecular formula is C17H25BrClNO. The van der Waals surface area contributed by atoms with Gasteiger partial charge in [0.1, 0.15) is 0 Å². The number of rotatable bonds is 9. The summed E-state index contributed by atoms with van der Waals surface area (Å²) in [6.07, 6.45) is 3.99. The molecule has 0 heterocycles. The zero-order valence-electron chi connectivity index (χ0n) is 13.2. The zero-order chi connectivity index (χ0) is 15.8. The Balaban J connectivity index is 2.63. The predicted octanol–water partition coefficient (Wildman–Crippen LogP) is 5.58. The van der Waals surface area contributed by atoms with E-state index in [1.165, 1.54) is 12.8 Å². The molecule has 4 heteroatoms. The van der Waals surface area contributed by atoms with Gasteiger partial charge in [0, 0.05) is 29.0 Å². The Morgan fingerprint density at radius 3 is 2.62 bits per heavy atom. The van der Waals surface area contributed by atoms with Crippen molar-refractivity contribution in [2.45, 2.75) is 52.5 Å². The van der Waals surface area contributed by atoms with Gasteiger partial charge in [0.25, 0.3) is 0 Å². The van der Waals surface area contributed by atoms with Crippen LogP contribution in [0.2, 0.25) is 5.02 Å². The number of benzene rings is 1. The number of ketones is 1. The minimum Gasteiger partial charge on any atom is -0.300 e. The average molecular weight is 375 g/mol. The number of nitrogens with zero attached hydrogens (tertiary/aromatic N) is 1. The molecule has 0 aliphatic carbocycles. The summed E-state index contributed by atoms with van der Waals surface area (Å²) in [7, 11) is 0. The highest BCUT2D eigenvalue weighted by Crippen LogP contribution is 2.22. The average Bonchev–Trinajstić information content (AvgIpc) is 2.46. The molecule has 0 saturated carbocycles. The zero-order valence-corrected chi connectivity index (χ0v) is 15.5. The first-order chi connectivity index (χ1) is 9.99. The van der Waals surface area contributed by atoms with Crippen LogP contribution in [0.1, 0.15) is 56.8 Å². The third-order valence-electron chi connectivity index (χ3n) is 3.87. The van der Waals surface area contributed by atoms with Crippen LogP contribution in [-0.2, 0) is 0 Å². The molecule has 1 aromatic rings. The Morgan fingerprint density at radius 1 is 1.33 bits per heavy atom. The molecule has 0 N–H and O–H groups in total. The largest absolute Gasteiger partial charge is 0.300 e. The van der Waals surface area contributed by atoms with Crippen molar-refractivity contribution >= 4 is 33.3 Å². The van der Waals surface area contributed by atoms with Crippen molar-refractivity contribution in [3.05, 3.63) is 33.3 Å². The fraction of sp³-hybridized carbons (Fsp3) is 0.588. The third kappa shape index (κ3) is 6.09. The number of hydrogen-bond donors (Lipinski definition) is 0. The van der Waals surface area contributed by atoms with Gasteiger partial charge >= 0.3 is 0 Å². The third-order valence-corrected chi connectivity index (χ3v) is 4.68. The van der Waals surface area contributed by atoms with Crippen LogP contribution in [0.5, 0.6) is 0 Å². The number of halogens is 2. The summed E-state index contributed by atoms with van der Waals surface area (Å²) in [6, 6.07) is 5.96. The molecule has 0 bridgehead atoms. The molecule has 118 valence electrons. The van der Waals surface area contributed by atoms with Crippen molar-refractivity contribution in [3.63, 3.8) is 0 Å². The van der Waals surface area contributed by atoms with Gasteiger partial charge in [-0.3, -0.25) is 4.79 Å². The van der Waals surface area contributed by atoms with Gasteiger partial charge in [0.15, 0.2) is 5.78 Å². The van der Waals surface area contributed by atoms with Crippen molar-refractivity contribution in [1.82, 2.24) is 4.90 Å². The van der Waals surface area contributed by atoms with Crippen LogP contribution in [0.15, 0.2) is 22.7 Å². The van der Waals surface area contributed by atoms with Crippen LogP contribution >= 0.6 is 27.5 Å². The molecule has 1 aromatic carbocycles. The summed E-state index contributed by atoms with van der Waals surface area (Å²) >= 11 is 9.51. The second-order valence-electron chi connectivity index (χ2n) is 5.44. The van der Waals surface area contributed by atoms with Gasteiger partial charge in [0.2, 0.25) is 0 Å². The molecule has 0 aliphatic heterocycles. The second-order valence-corrected chi connectivity index (χ2v) is 6.77. The maximum atomic E-state index is 12.3. The molecule has 21 heavy (non-hydrogen) atoms. The summed E-state index contributed by atoms with van der Waals surface area (Å²) in [5.41, 5.74) is 0.624. The number of carbonyl (C=O) groups is 1. The molecule has 1 atom stereocenters. The highest BCUT2D eigenvalue weighted by Gasteiger charge is 2.15. The van der Waals surface area contributed by atoms with E-state index in [9.17, 15) is 4.79 Å². The van der Waals surface area contributed by atoms with Gasteiger partial charge in [-0.05, 0) is 44.5 Å². The Hall–Kier alpha value is -0.380. The summed E-state index contributed by atoms with van der Waals surface area (Å²) in [5, 5.41) is 0.526. The molecule has 0 aliphatic rings. The topological polar surface area (TPSA) is 20.3 Å². The fourth-order valence-corrected chi connectivity index (χ4v) is 3.05. The van der Waals surface area contributed by atoms with E-state index < -0.39 is 0 Å². The first kappa shape index (κ1) is 18.7. The van der Waals surface area contributed by atoms with E-state index in [4.69, 9.17) is 11.6 Å². The second kappa shape index (κ2) is 9.60. The Bertz CT molecular complexity index is 464. The van der Waals surface area contributed by atoms with E-state index in [1.807, 2.05) is 6.07 Å². The highest BCUT2D eigenvalue weighted by atomic mass is 79.9. The lowest BCUT2D eigenvalue weighted by Gasteiger charge is -2.28. The number of Topliss-reactive ketones (excluding diaryl/α,β-unsaturated/α-hetero) is 1. The Kier molecular flexibility index (Phi) is 8.53. The summed E-state index contributed by atoms with van der Waals surface area (Å²) in [4.78, 5) is 14.8. The molecule has 0 saturated heterocycles. The molecule has 0 aromatic heterocycles. The quantitative estimate of drug-likeness (QED) is 0.526. The fourth-order valence-electron chi connectivity index (χ4n) is 2.27. The van der Waals surface area contributed by atoms with Crippen LogP contribution in [0.4, 0.5) is 0 Å². The van der Waals surface area contributed by atoms with Crippen LogP contribution in [-0.4, -0.2) is 29.8 Å². The van der Waals surface area contributed by atoms with Gasteiger partial charge in [0.05, 0.1) is 5.02 Å². The predicted molar refractivity (Wildman–Crippen MR) is 94.3 cm³/mol. The molecular weight excluding hydrogens is 350 g/mol. The lowest BCUT2D eigenvalue weighted by atomic mass is 10.1. The minimum absolute atomic E-state index is 0.123. The molecule has 0 radical (unpaired) electrons. The van der Waals surface area contributed by atoms with Gasteiger partial charge in [-0.2, -0.15) is 0 Å². The molecule has 0 spiro atoms. The lowest BCUT2D eigenvalue weighted by Crippen LogP contribution is -2.35. The molecule has 2 nitrogen and oxygen atoms in total. The van der Waals surface area contributed by atoms with Crippen molar-refractivity contribution in [1.29, 1.82) is 0 Å². The summed E-state index contributed by atoms with van der Waals surface area (Å²) in [5.74, 6) is 0.123. The van der Waals surface area contributed by atoms with Gasteiger partial charge in [-0.1, -0.05) is 47.8 Å². The van der Waals surface area contributed by atoms with E-state index in [0.717, 1.165) is 24.0 Å². The number of hydrogen-bond acceptors (Lipinski definition) is 2. The molecule has 0 amide bonds. The van der Waals surface area contributed by atoms with E-state index in [-0.39, 0.29) is 5.78 Å². The lowest BCUT2D eigenvalue weighted by molar-refractivity contribution is 0.0951. The van der Waals surface area contributed by atoms with Crippen LogP contribution in [0.25, 0.3) is 0 Å². The van der Waals surface area contributed by atoms with Crippen LogP contribution in [0.3, 0.4) is 0 Å². The standard InChI is InChI=1S/C17H25BrClNO/c1-4-6-10-20(13(3)5-2)11-9-17(21)15-8-7-14(18)12-16(15)19/h7-8,12-13H,4-6,9-11H2,1-3H3. The molecule has 1 rings (SSSR count). The van der Waals surface area contributed by atoms with Crippen molar-refractivity contribution in [2.24, 2.45) is 0 Å². The maximum Gasteiger partial charge on any atom is 0.165 e. The van der Waals surface area contributed by atoms with Crippen LogP contribution < -0.4 is 0 Å². The molecule has 1 unspecified atom stereocenters. The number of carbonyl (C=O) groups excluding carboxylic acids is 1. The first-order valence-electron chi connectivity index (χ1n) is 7.71. The molecule has 0 fully saturated rings. The smallest absolute Gasteiger partial charge is 0.165 e. The normalized spacial score (nSPS) is 12.7. The van der Waals surface area contributed by atoms with Gasteiger partial charge < -0.3 is 4.90 Å².